The highest BCUT2D eigenvalue weighted by Gasteiger charge is 2.66. The monoisotopic (exact) mass is 202 g/mol. The summed E-state index contributed by atoms with van der Waals surface area (Å²) in [5.41, 5.74) is 0.456. The lowest BCUT2D eigenvalue weighted by Gasteiger charge is -2.08. The summed E-state index contributed by atoms with van der Waals surface area (Å²) < 4.78 is 39.9. The highest BCUT2D eigenvalue weighted by atomic mass is 19.3. The van der Waals surface area contributed by atoms with Crippen LogP contribution in [-0.4, -0.2) is 10.2 Å². The summed E-state index contributed by atoms with van der Waals surface area (Å²) in [6.07, 6.45) is -0.777. The summed E-state index contributed by atoms with van der Waals surface area (Å²) in [7, 11) is 0. The van der Waals surface area contributed by atoms with E-state index in [9.17, 15) is 13.2 Å². The van der Waals surface area contributed by atoms with E-state index in [4.69, 9.17) is 0 Å². The lowest BCUT2D eigenvalue weighted by molar-refractivity contribution is -0.0268. The van der Waals surface area contributed by atoms with Gasteiger partial charge in [-0.05, 0) is 19.3 Å². The molecule has 1 unspecified atom stereocenters. The van der Waals surface area contributed by atoms with Crippen LogP contribution in [0.25, 0.3) is 0 Å². The lowest BCUT2D eigenvalue weighted by atomic mass is 10.1. The lowest BCUT2D eigenvalue weighted by Crippen LogP contribution is -2.13. The van der Waals surface area contributed by atoms with Gasteiger partial charge in [0.25, 0.3) is 5.92 Å². The molecule has 0 radical (unpaired) electrons. The van der Waals surface area contributed by atoms with Gasteiger partial charge < -0.3 is 0 Å². The van der Waals surface area contributed by atoms with Crippen molar-refractivity contribution in [3.05, 3.63) is 17.0 Å². The maximum atomic E-state index is 13.4. The smallest absolute Gasteiger partial charge is 0.279 e. The van der Waals surface area contributed by atoms with Gasteiger partial charge in [-0.1, -0.05) is 0 Å². The summed E-state index contributed by atoms with van der Waals surface area (Å²) in [5.74, 6) is -3.62. The van der Waals surface area contributed by atoms with E-state index in [0.29, 0.717) is 12.0 Å². The van der Waals surface area contributed by atoms with Gasteiger partial charge in [0.1, 0.15) is 11.9 Å². The van der Waals surface area contributed by atoms with Crippen LogP contribution < -0.4 is 0 Å². The molecule has 1 aromatic heterocycles. The number of nitrogens with one attached hydrogen (secondary N) is 1. The zero-order chi connectivity index (χ0) is 10.1. The molecule has 0 spiro atoms. The highest BCUT2D eigenvalue weighted by molar-refractivity contribution is 5.45. The minimum Gasteiger partial charge on any atom is -0.279 e. The number of hydrogen-bond donors (Lipinski definition) is 1. The molecule has 2 aliphatic carbocycles. The molecule has 14 heavy (non-hydrogen) atoms. The molecule has 0 aliphatic heterocycles. The van der Waals surface area contributed by atoms with E-state index in [-0.39, 0.29) is 17.3 Å². The van der Waals surface area contributed by atoms with E-state index in [1.165, 1.54) is 6.92 Å². The Morgan fingerprint density at radius 1 is 1.57 bits per heavy atom. The Labute approximate surface area is 78.5 Å². The van der Waals surface area contributed by atoms with Crippen LogP contribution in [0.15, 0.2) is 0 Å². The molecule has 2 aliphatic rings. The average molecular weight is 202 g/mol. The first-order chi connectivity index (χ1) is 6.53. The zero-order valence-corrected chi connectivity index (χ0v) is 7.52. The Morgan fingerprint density at radius 2 is 2.29 bits per heavy atom. The van der Waals surface area contributed by atoms with Crippen LogP contribution in [0, 0.1) is 5.92 Å². The molecule has 0 aromatic carbocycles. The summed E-state index contributed by atoms with van der Waals surface area (Å²) >= 11 is 0. The van der Waals surface area contributed by atoms with Gasteiger partial charge in [-0.3, -0.25) is 5.10 Å². The van der Waals surface area contributed by atoms with E-state index >= 15 is 0 Å². The fourth-order valence-electron chi connectivity index (χ4n) is 2.39. The van der Waals surface area contributed by atoms with Gasteiger partial charge in [-0.25, -0.2) is 4.39 Å². The van der Waals surface area contributed by atoms with Crippen molar-refractivity contribution >= 4 is 0 Å². The van der Waals surface area contributed by atoms with Gasteiger partial charge in [-0.15, -0.1) is 0 Å². The first-order valence-corrected chi connectivity index (χ1v) is 4.64. The topological polar surface area (TPSA) is 28.7 Å². The van der Waals surface area contributed by atoms with Crippen molar-refractivity contribution in [3.63, 3.8) is 0 Å². The fourth-order valence-corrected chi connectivity index (χ4v) is 2.39. The van der Waals surface area contributed by atoms with Crippen molar-refractivity contribution in [3.8, 4) is 0 Å². The first-order valence-electron chi connectivity index (χ1n) is 4.64. The summed E-state index contributed by atoms with van der Waals surface area (Å²) in [6.45, 7) is 1.33. The Kier molecular flexibility index (Phi) is 1.28. The predicted molar refractivity (Wildman–Crippen MR) is 42.9 cm³/mol. The molecule has 1 aromatic rings. The third kappa shape index (κ3) is 0.762. The normalized spacial score (nSPS) is 33.7. The molecule has 0 amide bonds. The highest BCUT2D eigenvalue weighted by Crippen LogP contribution is 2.67. The number of H-pyrrole nitrogens is 1. The molecule has 1 N–H and O–H groups in total. The number of halogens is 3. The SMILES string of the molecule is CC(F)c1[nH]nc2c1[C@H]1C[C@H]1C2(F)F. The van der Waals surface area contributed by atoms with Crippen molar-refractivity contribution in [2.24, 2.45) is 5.92 Å². The van der Waals surface area contributed by atoms with Gasteiger partial charge >= 0.3 is 0 Å². The molecule has 1 heterocycles. The number of alkyl halides is 3. The Hall–Kier alpha value is -1.00. The molecule has 5 heteroatoms. The quantitative estimate of drug-likeness (QED) is 0.745. The van der Waals surface area contributed by atoms with Crippen LogP contribution in [0.4, 0.5) is 13.2 Å². The van der Waals surface area contributed by atoms with Crippen molar-refractivity contribution < 1.29 is 13.2 Å². The summed E-state index contributed by atoms with van der Waals surface area (Å²) in [4.78, 5) is 0. The second-order valence-corrected chi connectivity index (χ2v) is 4.09. The maximum absolute atomic E-state index is 13.4. The minimum absolute atomic E-state index is 0.160. The standard InChI is InChI=1S/C9H9F3N2/c1-3(10)7-6-4-2-5(4)9(11,12)8(6)14-13-7/h3-5H,2H2,1H3,(H,13,14)/t3?,4-,5+/m0/s1. The van der Waals surface area contributed by atoms with Gasteiger partial charge in [0.05, 0.1) is 5.69 Å². The van der Waals surface area contributed by atoms with Gasteiger partial charge in [0.15, 0.2) is 0 Å². The minimum atomic E-state index is -2.84. The number of hydrogen-bond acceptors (Lipinski definition) is 1. The number of aromatic nitrogens is 2. The molecular formula is C9H9F3N2. The molecule has 0 bridgehead atoms. The first kappa shape index (κ1) is 8.32. The molecule has 1 saturated carbocycles. The molecule has 0 saturated heterocycles. The second-order valence-electron chi connectivity index (χ2n) is 4.09. The molecule has 3 atom stereocenters. The number of fused-ring (bicyclic) bond motifs is 3. The van der Waals surface area contributed by atoms with E-state index < -0.39 is 18.0 Å². The van der Waals surface area contributed by atoms with Crippen LogP contribution in [0.3, 0.4) is 0 Å². The van der Waals surface area contributed by atoms with E-state index in [1.807, 2.05) is 0 Å². The van der Waals surface area contributed by atoms with E-state index in [0.717, 1.165) is 0 Å². The Morgan fingerprint density at radius 3 is 2.93 bits per heavy atom. The number of rotatable bonds is 1. The van der Waals surface area contributed by atoms with Crippen LogP contribution in [0.5, 0.6) is 0 Å². The molecule has 3 rings (SSSR count). The Balaban J connectivity index is 2.17. The van der Waals surface area contributed by atoms with Crippen LogP contribution >= 0.6 is 0 Å². The fraction of sp³-hybridized carbons (Fsp3) is 0.667. The Bertz CT molecular complexity index is 397. The van der Waals surface area contributed by atoms with Gasteiger partial charge in [-0.2, -0.15) is 13.9 Å². The van der Waals surface area contributed by atoms with Crippen molar-refractivity contribution in [2.45, 2.75) is 31.4 Å². The van der Waals surface area contributed by atoms with Crippen molar-refractivity contribution in [2.75, 3.05) is 0 Å². The summed E-state index contributed by atoms with van der Waals surface area (Å²) in [6, 6.07) is 0. The van der Waals surface area contributed by atoms with E-state index in [1.54, 1.807) is 0 Å². The molecule has 1 fully saturated rings. The van der Waals surface area contributed by atoms with Crippen molar-refractivity contribution in [1.29, 1.82) is 0 Å². The summed E-state index contributed by atoms with van der Waals surface area (Å²) in [5, 5.41) is 5.92. The van der Waals surface area contributed by atoms with Gasteiger partial charge in [0.2, 0.25) is 0 Å². The average Bonchev–Trinajstić information content (AvgIpc) is 2.70. The number of aromatic amines is 1. The zero-order valence-electron chi connectivity index (χ0n) is 7.52. The third-order valence-corrected chi connectivity index (χ3v) is 3.17. The van der Waals surface area contributed by atoms with Crippen LogP contribution in [-0.2, 0) is 5.92 Å². The van der Waals surface area contributed by atoms with Crippen molar-refractivity contribution in [1.82, 2.24) is 10.2 Å². The molecular weight excluding hydrogens is 193 g/mol. The largest absolute Gasteiger partial charge is 0.295 e. The third-order valence-electron chi connectivity index (χ3n) is 3.17. The molecule has 2 nitrogen and oxygen atoms in total. The van der Waals surface area contributed by atoms with Crippen LogP contribution in [0.2, 0.25) is 0 Å². The predicted octanol–water partition coefficient (Wildman–Crippen LogP) is 2.65. The number of nitrogens with zero attached hydrogens (tertiary/aromatic N) is 1. The van der Waals surface area contributed by atoms with E-state index in [2.05, 4.69) is 10.2 Å². The maximum Gasteiger partial charge on any atom is 0.295 e. The van der Waals surface area contributed by atoms with Gasteiger partial charge in [0, 0.05) is 11.5 Å². The second kappa shape index (κ2) is 2.15. The molecule has 76 valence electrons. The van der Waals surface area contributed by atoms with Crippen LogP contribution in [0.1, 0.15) is 42.4 Å².